The zero-order valence-corrected chi connectivity index (χ0v) is 15.2. The Bertz CT molecular complexity index is 1080. The van der Waals surface area contributed by atoms with E-state index in [9.17, 15) is 4.39 Å². The number of benzene rings is 2. The van der Waals surface area contributed by atoms with Crippen molar-refractivity contribution in [2.24, 2.45) is 0 Å². The molecule has 4 rings (SSSR count). The Hall–Kier alpha value is -2.96. The first kappa shape index (κ1) is 17.5. The highest BCUT2D eigenvalue weighted by molar-refractivity contribution is 6.31. The molecule has 5 nitrogen and oxygen atoms in total. The summed E-state index contributed by atoms with van der Waals surface area (Å²) >= 11 is 6.12. The molecule has 0 amide bonds. The molecule has 1 atom stereocenters. The second-order valence-corrected chi connectivity index (χ2v) is 6.54. The van der Waals surface area contributed by atoms with E-state index in [-0.39, 0.29) is 18.0 Å². The second-order valence-electron chi connectivity index (χ2n) is 6.11. The predicted molar refractivity (Wildman–Crippen MR) is 106 cm³/mol. The maximum Gasteiger partial charge on any atom is 0.220 e. The molecule has 0 aliphatic carbocycles. The zero-order valence-electron chi connectivity index (χ0n) is 14.4. The number of nitrogens with zero attached hydrogens (tertiary/aromatic N) is 3. The van der Waals surface area contributed by atoms with E-state index >= 15 is 0 Å². The van der Waals surface area contributed by atoms with E-state index in [0.717, 1.165) is 22.0 Å². The van der Waals surface area contributed by atoms with Crippen LogP contribution in [-0.4, -0.2) is 23.3 Å². The first-order valence-corrected chi connectivity index (χ1v) is 8.61. The summed E-state index contributed by atoms with van der Waals surface area (Å²) in [5.41, 5.74) is 8.55. The van der Waals surface area contributed by atoms with Crippen molar-refractivity contribution in [2.75, 3.05) is 17.7 Å². The average Bonchev–Trinajstić information content (AvgIpc) is 2.67. The Kier molecular flexibility index (Phi) is 4.51. The largest absolute Gasteiger partial charge is 0.368 e. The van der Waals surface area contributed by atoms with Crippen LogP contribution in [0.3, 0.4) is 0 Å². The quantitative estimate of drug-likeness (QED) is 0.725. The van der Waals surface area contributed by atoms with Crippen LogP contribution in [0.4, 0.5) is 16.0 Å². The van der Waals surface area contributed by atoms with E-state index in [0.29, 0.717) is 10.7 Å². The Labute approximate surface area is 160 Å². The van der Waals surface area contributed by atoms with Crippen LogP contribution in [0, 0.1) is 5.82 Å². The third-order valence-corrected chi connectivity index (χ3v) is 4.53. The van der Waals surface area contributed by atoms with Crippen molar-refractivity contribution in [1.29, 1.82) is 0 Å². The summed E-state index contributed by atoms with van der Waals surface area (Å²) in [6.45, 7) is 0. The molecule has 2 N–H and O–H groups in total. The number of nitrogens with two attached hydrogens (primary N) is 1. The minimum atomic E-state index is -0.366. The van der Waals surface area contributed by atoms with Gasteiger partial charge in [0, 0.05) is 30.6 Å². The molecule has 1 aliphatic rings. The molecular formula is C20H16ClFN4O. The molecular weight excluding hydrogens is 367 g/mol. The van der Waals surface area contributed by atoms with Gasteiger partial charge in [-0.25, -0.2) is 14.4 Å². The number of allylic oxidation sites excluding steroid dienone is 2. The molecule has 7 heteroatoms. The number of hydrogen-bond acceptors (Lipinski definition) is 5. The standard InChI is InChI=1S/C20H16ClFN4O/c1-27-19-5-3-15(21)11-26(19)17-8-13(7-16(22)9-17)12-2-4-18-14(6-12)10-24-20(23)25-18/h2-11,19H,1H3,(H2,23,24,25). The van der Waals surface area contributed by atoms with Crippen LogP contribution < -0.4 is 10.6 Å². The topological polar surface area (TPSA) is 64.3 Å². The molecule has 0 bridgehead atoms. The van der Waals surface area contributed by atoms with Gasteiger partial charge in [-0.1, -0.05) is 17.7 Å². The van der Waals surface area contributed by atoms with Crippen LogP contribution in [0.25, 0.3) is 22.0 Å². The molecule has 0 fully saturated rings. The number of aromatic nitrogens is 2. The van der Waals surface area contributed by atoms with E-state index in [1.807, 2.05) is 30.3 Å². The second kappa shape index (κ2) is 6.98. The minimum Gasteiger partial charge on any atom is -0.368 e. The SMILES string of the molecule is COC1C=CC(Cl)=CN1c1cc(F)cc(-c2ccc3nc(N)ncc3c2)c1. The molecule has 3 aromatic rings. The van der Waals surface area contributed by atoms with E-state index in [2.05, 4.69) is 9.97 Å². The normalized spacial score (nSPS) is 16.6. The summed E-state index contributed by atoms with van der Waals surface area (Å²) in [7, 11) is 1.59. The van der Waals surface area contributed by atoms with Gasteiger partial charge in [-0.15, -0.1) is 0 Å². The number of ether oxygens (including phenoxy) is 1. The molecule has 0 radical (unpaired) electrons. The van der Waals surface area contributed by atoms with Crippen molar-refractivity contribution in [3.8, 4) is 11.1 Å². The van der Waals surface area contributed by atoms with Gasteiger partial charge in [-0.05, 0) is 53.6 Å². The summed E-state index contributed by atoms with van der Waals surface area (Å²) in [5.74, 6) is -0.138. The molecule has 2 aromatic carbocycles. The Morgan fingerprint density at radius 3 is 2.85 bits per heavy atom. The van der Waals surface area contributed by atoms with Crippen molar-refractivity contribution in [2.45, 2.75) is 6.23 Å². The fraction of sp³-hybridized carbons (Fsp3) is 0.100. The van der Waals surface area contributed by atoms with Gasteiger partial charge >= 0.3 is 0 Å². The highest BCUT2D eigenvalue weighted by atomic mass is 35.5. The fourth-order valence-corrected chi connectivity index (χ4v) is 3.22. The van der Waals surface area contributed by atoms with Gasteiger partial charge in [0.05, 0.1) is 10.5 Å². The number of halogens is 2. The van der Waals surface area contributed by atoms with Gasteiger partial charge in [0.15, 0.2) is 6.23 Å². The van der Waals surface area contributed by atoms with Gasteiger partial charge in [0.2, 0.25) is 5.95 Å². The van der Waals surface area contributed by atoms with Crippen molar-refractivity contribution in [3.63, 3.8) is 0 Å². The Balaban J connectivity index is 1.79. The van der Waals surface area contributed by atoms with Gasteiger partial charge in [0.1, 0.15) is 5.82 Å². The minimum absolute atomic E-state index is 0.218. The van der Waals surface area contributed by atoms with Crippen LogP contribution >= 0.6 is 11.6 Å². The number of hydrogen-bond donors (Lipinski definition) is 1. The van der Waals surface area contributed by atoms with Gasteiger partial charge in [-0.3, -0.25) is 0 Å². The molecule has 1 aliphatic heterocycles. The zero-order chi connectivity index (χ0) is 19.0. The summed E-state index contributed by atoms with van der Waals surface area (Å²) in [5, 5.41) is 1.36. The highest BCUT2D eigenvalue weighted by Crippen LogP contribution is 2.31. The molecule has 2 heterocycles. The van der Waals surface area contributed by atoms with E-state index in [4.69, 9.17) is 22.1 Å². The molecule has 1 unspecified atom stereocenters. The van der Waals surface area contributed by atoms with E-state index in [1.165, 1.54) is 12.1 Å². The summed E-state index contributed by atoms with van der Waals surface area (Å²) < 4.78 is 19.8. The highest BCUT2D eigenvalue weighted by Gasteiger charge is 2.19. The van der Waals surface area contributed by atoms with Crippen LogP contribution in [0.2, 0.25) is 0 Å². The smallest absolute Gasteiger partial charge is 0.220 e. The van der Waals surface area contributed by atoms with E-state index in [1.54, 1.807) is 30.5 Å². The van der Waals surface area contributed by atoms with Crippen LogP contribution in [0.15, 0.2) is 66.0 Å². The molecule has 0 saturated carbocycles. The number of rotatable bonds is 3. The first-order chi connectivity index (χ1) is 13.0. The van der Waals surface area contributed by atoms with Crippen molar-refractivity contribution < 1.29 is 9.13 Å². The number of fused-ring (bicyclic) bond motifs is 1. The van der Waals surface area contributed by atoms with Gasteiger partial charge in [-0.2, -0.15) is 0 Å². The molecule has 27 heavy (non-hydrogen) atoms. The number of nitrogen functional groups attached to an aromatic ring is 1. The maximum absolute atomic E-state index is 14.4. The van der Waals surface area contributed by atoms with Gasteiger partial charge in [0.25, 0.3) is 0 Å². The van der Waals surface area contributed by atoms with Crippen LogP contribution in [0.5, 0.6) is 0 Å². The summed E-state index contributed by atoms with van der Waals surface area (Å²) in [6.07, 6.45) is 6.56. The van der Waals surface area contributed by atoms with Crippen molar-refractivity contribution in [3.05, 3.63) is 71.8 Å². The third kappa shape index (κ3) is 3.49. The number of anilines is 2. The van der Waals surface area contributed by atoms with Crippen molar-refractivity contribution in [1.82, 2.24) is 9.97 Å². The molecule has 1 aromatic heterocycles. The fourth-order valence-electron chi connectivity index (χ4n) is 3.05. The van der Waals surface area contributed by atoms with Crippen molar-refractivity contribution >= 4 is 34.1 Å². The van der Waals surface area contributed by atoms with E-state index < -0.39 is 0 Å². The lowest BCUT2D eigenvalue weighted by atomic mass is 10.0. The first-order valence-electron chi connectivity index (χ1n) is 8.23. The van der Waals surface area contributed by atoms with Crippen LogP contribution in [-0.2, 0) is 4.74 Å². The average molecular weight is 383 g/mol. The van der Waals surface area contributed by atoms with Gasteiger partial charge < -0.3 is 15.4 Å². The lowest BCUT2D eigenvalue weighted by molar-refractivity contribution is 0.144. The third-order valence-electron chi connectivity index (χ3n) is 4.31. The summed E-state index contributed by atoms with van der Waals surface area (Å²) in [4.78, 5) is 9.98. The summed E-state index contributed by atoms with van der Waals surface area (Å²) in [6, 6.07) is 10.4. The lowest BCUT2D eigenvalue weighted by Crippen LogP contribution is -2.32. The molecule has 0 saturated heterocycles. The predicted octanol–water partition coefficient (Wildman–Crippen LogP) is 4.45. The maximum atomic E-state index is 14.4. The van der Waals surface area contributed by atoms with Crippen LogP contribution in [0.1, 0.15) is 0 Å². The number of methoxy groups -OCH3 is 1. The molecule has 0 spiro atoms. The lowest BCUT2D eigenvalue weighted by Gasteiger charge is -2.30. The Morgan fingerprint density at radius 2 is 2.04 bits per heavy atom. The Morgan fingerprint density at radius 1 is 1.19 bits per heavy atom. The molecule has 136 valence electrons. The monoisotopic (exact) mass is 382 g/mol.